The van der Waals surface area contributed by atoms with E-state index in [0.717, 1.165) is 4.57 Å². The number of aromatic nitrogens is 4. The van der Waals surface area contributed by atoms with E-state index in [0.29, 0.717) is 0 Å². The molecule has 0 radical (unpaired) electrons. The normalized spacial score (nSPS) is 29.2. The molecule has 0 unspecified atom stereocenters. The monoisotopic (exact) mass is 367 g/mol. The first kappa shape index (κ1) is 18.5. The summed E-state index contributed by atoms with van der Waals surface area (Å²) in [4.78, 5) is 24.9. The van der Waals surface area contributed by atoms with Crippen LogP contribution >= 0.6 is 0 Å². The number of nitrogens with two attached hydrogens (primary N) is 1. The van der Waals surface area contributed by atoms with Crippen molar-refractivity contribution in [3.63, 3.8) is 0 Å². The van der Waals surface area contributed by atoms with Crippen LogP contribution in [-0.2, 0) is 20.0 Å². The Hall–Kier alpha value is -2.34. The molecule has 0 amide bonds. The molecule has 0 spiro atoms. The van der Waals surface area contributed by atoms with Crippen molar-refractivity contribution in [3.05, 3.63) is 12.7 Å². The third kappa shape index (κ3) is 2.69. The van der Waals surface area contributed by atoms with Crippen LogP contribution in [0.5, 0.6) is 0 Å². The lowest BCUT2D eigenvalue weighted by molar-refractivity contribution is -0.210. The average Bonchev–Trinajstić information content (AvgIpc) is 3.09. The maximum absolute atomic E-state index is 13.0. The van der Waals surface area contributed by atoms with E-state index in [1.807, 2.05) is 0 Å². The first-order valence-corrected chi connectivity index (χ1v) is 7.94. The number of nitrogen functional groups attached to an aromatic ring is 1. The number of rotatable bonds is 3. The molecule has 1 aliphatic heterocycles. The molecule has 3 rings (SSSR count). The van der Waals surface area contributed by atoms with Gasteiger partial charge < -0.3 is 30.5 Å². The van der Waals surface area contributed by atoms with E-state index < -0.39 is 42.2 Å². The molecular formula is C15H21N5O6. The minimum absolute atomic E-state index is 0.0693. The zero-order valence-corrected chi connectivity index (χ0v) is 14.5. The van der Waals surface area contributed by atoms with Crippen molar-refractivity contribution in [2.24, 2.45) is 0 Å². The number of aliphatic hydroxyl groups excluding tert-OH is 3. The molecule has 3 heterocycles. The van der Waals surface area contributed by atoms with E-state index in [4.69, 9.17) is 15.2 Å². The molecule has 11 heteroatoms. The smallest absolute Gasteiger partial charge is 0.363 e. The Balaban J connectivity index is 2.21. The zero-order valence-electron chi connectivity index (χ0n) is 14.5. The summed E-state index contributed by atoms with van der Waals surface area (Å²) in [6, 6.07) is 0. The van der Waals surface area contributed by atoms with Gasteiger partial charge in [-0.05, 0) is 20.8 Å². The second-order valence-electron chi connectivity index (χ2n) is 7.02. The van der Waals surface area contributed by atoms with Gasteiger partial charge in [-0.2, -0.15) is 0 Å². The standard InChI is InChI=1S/C15H21N5O6/c1-14(2,3)26-13(24)15(10(23)9(22)7(4-21)25-15)20-6-19-8-11(16)17-5-18-12(8)20/h5-7,9-10,21-23H,4H2,1-3H3,(H2,16,17,18)/t7-,9-,10-,15+/m1/s1. The highest BCUT2D eigenvalue weighted by Crippen LogP contribution is 2.39. The number of hydrogen-bond donors (Lipinski definition) is 4. The Bertz CT molecular complexity index is 834. The molecule has 0 aliphatic carbocycles. The van der Waals surface area contributed by atoms with Crippen molar-refractivity contribution >= 4 is 23.0 Å². The summed E-state index contributed by atoms with van der Waals surface area (Å²) in [6.45, 7) is 4.32. The number of fused-ring (bicyclic) bond motifs is 1. The van der Waals surface area contributed by atoms with Crippen LogP contribution in [0.1, 0.15) is 20.8 Å². The Morgan fingerprint density at radius 1 is 1.38 bits per heavy atom. The van der Waals surface area contributed by atoms with Crippen molar-refractivity contribution in [1.82, 2.24) is 19.5 Å². The van der Waals surface area contributed by atoms with E-state index in [-0.39, 0.29) is 17.0 Å². The fourth-order valence-electron chi connectivity index (χ4n) is 2.86. The molecule has 2 aromatic heterocycles. The highest BCUT2D eigenvalue weighted by molar-refractivity contribution is 5.85. The molecule has 5 N–H and O–H groups in total. The van der Waals surface area contributed by atoms with Gasteiger partial charge in [-0.15, -0.1) is 0 Å². The number of aliphatic hydroxyl groups is 3. The van der Waals surface area contributed by atoms with E-state index in [9.17, 15) is 20.1 Å². The maximum atomic E-state index is 13.0. The number of anilines is 1. The van der Waals surface area contributed by atoms with E-state index in [2.05, 4.69) is 15.0 Å². The van der Waals surface area contributed by atoms with Gasteiger partial charge in [0.05, 0.1) is 6.61 Å². The van der Waals surface area contributed by atoms with Crippen LogP contribution in [0.15, 0.2) is 12.7 Å². The zero-order chi connectivity index (χ0) is 19.3. The Labute approximate surface area is 148 Å². The quantitative estimate of drug-likeness (QED) is 0.470. The summed E-state index contributed by atoms with van der Waals surface area (Å²) >= 11 is 0. The molecule has 1 saturated heterocycles. The van der Waals surface area contributed by atoms with Crippen molar-refractivity contribution in [3.8, 4) is 0 Å². The molecule has 0 bridgehead atoms. The van der Waals surface area contributed by atoms with Crippen LogP contribution in [-0.4, -0.2) is 71.3 Å². The van der Waals surface area contributed by atoms with Gasteiger partial charge in [0.25, 0.3) is 5.72 Å². The summed E-state index contributed by atoms with van der Waals surface area (Å²) in [7, 11) is 0. The van der Waals surface area contributed by atoms with Crippen molar-refractivity contribution in [2.75, 3.05) is 12.3 Å². The van der Waals surface area contributed by atoms with Crippen molar-refractivity contribution < 1.29 is 29.6 Å². The summed E-state index contributed by atoms with van der Waals surface area (Å²) in [5, 5.41) is 30.3. The number of esters is 1. The second kappa shape index (κ2) is 6.13. The fraction of sp³-hybridized carbons (Fsp3) is 0.600. The molecule has 1 aliphatic rings. The van der Waals surface area contributed by atoms with Gasteiger partial charge in [0.1, 0.15) is 42.1 Å². The molecule has 142 valence electrons. The van der Waals surface area contributed by atoms with E-state index in [1.54, 1.807) is 20.8 Å². The number of imidazole rings is 1. The van der Waals surface area contributed by atoms with Crippen LogP contribution in [0.3, 0.4) is 0 Å². The van der Waals surface area contributed by atoms with Crippen molar-refractivity contribution in [1.29, 1.82) is 0 Å². The van der Waals surface area contributed by atoms with Crippen LogP contribution in [0, 0.1) is 0 Å². The van der Waals surface area contributed by atoms with E-state index in [1.165, 1.54) is 12.7 Å². The van der Waals surface area contributed by atoms with Crippen molar-refractivity contribution in [2.45, 2.75) is 50.4 Å². The minimum Gasteiger partial charge on any atom is -0.456 e. The van der Waals surface area contributed by atoms with Gasteiger partial charge in [-0.1, -0.05) is 0 Å². The van der Waals surface area contributed by atoms with Crippen LogP contribution in [0.4, 0.5) is 5.82 Å². The first-order valence-electron chi connectivity index (χ1n) is 7.94. The Morgan fingerprint density at radius 3 is 2.65 bits per heavy atom. The summed E-state index contributed by atoms with van der Waals surface area (Å²) < 4.78 is 12.2. The predicted octanol–water partition coefficient (Wildman–Crippen LogP) is -1.48. The highest BCUT2D eigenvalue weighted by Gasteiger charge is 2.62. The number of nitrogens with zero attached hydrogens (tertiary/aromatic N) is 4. The van der Waals surface area contributed by atoms with Gasteiger partial charge in [-0.25, -0.2) is 19.7 Å². The number of carbonyl (C=O) groups excluding carboxylic acids is 1. The fourth-order valence-corrected chi connectivity index (χ4v) is 2.86. The number of ether oxygens (including phenoxy) is 2. The molecule has 0 aromatic carbocycles. The van der Waals surface area contributed by atoms with Crippen LogP contribution in [0.2, 0.25) is 0 Å². The predicted molar refractivity (Wildman–Crippen MR) is 87.5 cm³/mol. The summed E-state index contributed by atoms with van der Waals surface area (Å²) in [5.74, 6) is -0.899. The lowest BCUT2D eigenvalue weighted by atomic mass is 10.0. The molecule has 0 saturated carbocycles. The molecular weight excluding hydrogens is 346 g/mol. The number of carbonyl (C=O) groups is 1. The molecule has 1 fully saturated rings. The largest absolute Gasteiger partial charge is 0.456 e. The number of hydrogen-bond acceptors (Lipinski definition) is 10. The molecule has 11 nitrogen and oxygen atoms in total. The molecule has 4 atom stereocenters. The average molecular weight is 367 g/mol. The third-order valence-electron chi connectivity index (χ3n) is 4.03. The second-order valence-corrected chi connectivity index (χ2v) is 7.02. The topological polar surface area (TPSA) is 166 Å². The highest BCUT2D eigenvalue weighted by atomic mass is 16.6. The van der Waals surface area contributed by atoms with Gasteiger partial charge in [0.15, 0.2) is 11.5 Å². The third-order valence-corrected chi connectivity index (χ3v) is 4.03. The van der Waals surface area contributed by atoms with Gasteiger partial charge in [0.2, 0.25) is 0 Å². The van der Waals surface area contributed by atoms with Crippen LogP contribution in [0.25, 0.3) is 11.2 Å². The Morgan fingerprint density at radius 2 is 2.08 bits per heavy atom. The Kier molecular flexibility index (Phi) is 4.35. The molecule has 2 aromatic rings. The minimum atomic E-state index is -2.20. The SMILES string of the molecule is CC(C)(C)OC(=O)[C@@]1(n2cnc3c(N)ncnc32)O[C@H](CO)[C@@H](O)[C@H]1O. The van der Waals surface area contributed by atoms with Gasteiger partial charge in [0, 0.05) is 0 Å². The van der Waals surface area contributed by atoms with E-state index >= 15 is 0 Å². The maximum Gasteiger partial charge on any atom is 0.363 e. The van der Waals surface area contributed by atoms with Crippen LogP contribution < -0.4 is 5.73 Å². The van der Waals surface area contributed by atoms with Gasteiger partial charge in [-0.3, -0.25) is 4.57 Å². The lowest BCUT2D eigenvalue weighted by Crippen LogP contribution is -2.54. The first-order chi connectivity index (χ1) is 12.1. The lowest BCUT2D eigenvalue weighted by Gasteiger charge is -2.33. The molecule has 26 heavy (non-hydrogen) atoms. The summed E-state index contributed by atoms with van der Waals surface area (Å²) in [6.07, 6.45) is -2.14. The summed E-state index contributed by atoms with van der Waals surface area (Å²) in [5.41, 5.74) is 2.96. The van der Waals surface area contributed by atoms with Gasteiger partial charge >= 0.3 is 5.97 Å².